The predicted octanol–water partition coefficient (Wildman–Crippen LogP) is 4.57. The number of piperidine rings is 1. The van der Waals surface area contributed by atoms with Crippen molar-refractivity contribution in [1.82, 2.24) is 9.80 Å². The average Bonchev–Trinajstić information content (AvgIpc) is 2.77. The van der Waals surface area contributed by atoms with Crippen LogP contribution < -0.4 is 5.73 Å². The van der Waals surface area contributed by atoms with Crippen molar-refractivity contribution in [3.63, 3.8) is 0 Å². The molecular formula is C24H30Cl3N3O3S. The molecule has 186 valence electrons. The Kier molecular flexibility index (Phi) is 9.29. The fraction of sp³-hybridized carbons (Fsp3) is 0.458. The van der Waals surface area contributed by atoms with Crippen molar-refractivity contribution in [3.05, 3.63) is 68.7 Å². The monoisotopic (exact) mass is 545 g/mol. The molecule has 34 heavy (non-hydrogen) atoms. The number of sulfone groups is 1. The number of carbonyl (C=O) groups excluding carboxylic acids is 1. The maximum atomic E-state index is 13.5. The SMILES string of the molecule is CN(Cc1ccc(Cl)cc1)C(=O)C(CCN1CCC(S(C)(=O)=O)CC1N)c1ccc(Cl)c(Cl)c1. The molecule has 6 nitrogen and oxygen atoms in total. The molecule has 0 saturated carbocycles. The summed E-state index contributed by atoms with van der Waals surface area (Å²) in [5.41, 5.74) is 8.05. The Labute approximate surface area is 216 Å². The standard InChI is InChI=1S/C24H30Cl3N3O3S/c1-29(15-16-3-6-18(25)7-4-16)24(31)20(17-5-8-21(26)22(27)13-17)10-12-30-11-9-19(14-23(30)28)34(2,32)33/h3-8,13,19-20,23H,9-12,14-15,28H2,1-2H3. The minimum absolute atomic E-state index is 0.0482. The minimum Gasteiger partial charge on any atom is -0.341 e. The molecule has 0 aromatic heterocycles. The number of likely N-dealkylation sites (N-methyl/N-ethyl adjacent to an activating group) is 1. The Balaban J connectivity index is 1.75. The van der Waals surface area contributed by atoms with Crippen LogP contribution in [0.4, 0.5) is 0 Å². The average molecular weight is 547 g/mol. The summed E-state index contributed by atoms with van der Waals surface area (Å²) >= 11 is 18.3. The topological polar surface area (TPSA) is 83.7 Å². The molecule has 1 heterocycles. The van der Waals surface area contributed by atoms with Gasteiger partial charge in [0.25, 0.3) is 0 Å². The second-order valence-electron chi connectivity index (χ2n) is 8.91. The molecule has 3 unspecified atom stereocenters. The van der Waals surface area contributed by atoms with Gasteiger partial charge in [-0.2, -0.15) is 0 Å². The highest BCUT2D eigenvalue weighted by Gasteiger charge is 2.33. The summed E-state index contributed by atoms with van der Waals surface area (Å²) in [7, 11) is -1.36. The summed E-state index contributed by atoms with van der Waals surface area (Å²) in [4.78, 5) is 17.3. The van der Waals surface area contributed by atoms with Gasteiger partial charge in [0.1, 0.15) is 9.84 Å². The van der Waals surface area contributed by atoms with Crippen LogP contribution in [0.1, 0.15) is 36.3 Å². The first kappa shape index (κ1) is 27.2. The van der Waals surface area contributed by atoms with Gasteiger partial charge in [-0.15, -0.1) is 0 Å². The molecule has 1 aliphatic heterocycles. The van der Waals surface area contributed by atoms with Crippen LogP contribution in [-0.4, -0.2) is 61.9 Å². The third-order valence-electron chi connectivity index (χ3n) is 6.38. The van der Waals surface area contributed by atoms with Gasteiger partial charge in [0.05, 0.1) is 27.4 Å². The summed E-state index contributed by atoms with van der Waals surface area (Å²) in [6.45, 7) is 1.57. The largest absolute Gasteiger partial charge is 0.341 e. The molecule has 2 aromatic carbocycles. The van der Waals surface area contributed by atoms with E-state index in [1.165, 1.54) is 6.26 Å². The third-order valence-corrected chi connectivity index (χ3v) is 9.01. The first-order valence-corrected chi connectivity index (χ1v) is 14.2. The lowest BCUT2D eigenvalue weighted by Crippen LogP contribution is -2.51. The van der Waals surface area contributed by atoms with Crippen LogP contribution in [0.15, 0.2) is 42.5 Å². The van der Waals surface area contributed by atoms with Gasteiger partial charge in [0.15, 0.2) is 0 Å². The number of likely N-dealkylation sites (tertiary alicyclic amines) is 1. The lowest BCUT2D eigenvalue weighted by atomic mass is 9.93. The van der Waals surface area contributed by atoms with E-state index in [0.717, 1.165) is 11.1 Å². The first-order valence-electron chi connectivity index (χ1n) is 11.1. The van der Waals surface area contributed by atoms with Crippen molar-refractivity contribution < 1.29 is 13.2 Å². The summed E-state index contributed by atoms with van der Waals surface area (Å²) < 4.78 is 23.9. The number of nitrogens with zero attached hydrogens (tertiary/aromatic N) is 2. The van der Waals surface area contributed by atoms with Crippen molar-refractivity contribution in [2.75, 3.05) is 26.4 Å². The van der Waals surface area contributed by atoms with Crippen LogP contribution in [0.25, 0.3) is 0 Å². The second-order valence-corrected chi connectivity index (χ2v) is 12.5. The molecule has 2 aromatic rings. The molecule has 1 aliphatic rings. The summed E-state index contributed by atoms with van der Waals surface area (Å²) in [5.74, 6) is -0.500. The van der Waals surface area contributed by atoms with E-state index in [-0.39, 0.29) is 12.1 Å². The van der Waals surface area contributed by atoms with Crippen LogP contribution in [0, 0.1) is 0 Å². The highest BCUT2D eigenvalue weighted by Crippen LogP contribution is 2.31. The maximum absolute atomic E-state index is 13.5. The maximum Gasteiger partial charge on any atom is 0.230 e. The van der Waals surface area contributed by atoms with Gasteiger partial charge in [0.2, 0.25) is 5.91 Å². The number of nitrogens with two attached hydrogens (primary N) is 1. The van der Waals surface area contributed by atoms with Gasteiger partial charge in [0, 0.05) is 38.0 Å². The van der Waals surface area contributed by atoms with Gasteiger partial charge in [-0.1, -0.05) is 53.0 Å². The quantitative estimate of drug-likeness (QED) is 0.524. The second kappa shape index (κ2) is 11.6. The number of amides is 1. The molecule has 0 spiro atoms. The molecular weight excluding hydrogens is 517 g/mol. The third kappa shape index (κ3) is 7.09. The summed E-state index contributed by atoms with van der Waals surface area (Å²) in [6, 6.07) is 12.6. The number of rotatable bonds is 8. The lowest BCUT2D eigenvalue weighted by molar-refractivity contribution is -0.132. The normalized spacial score (nSPS) is 20.2. The van der Waals surface area contributed by atoms with E-state index in [1.54, 1.807) is 36.2 Å². The zero-order chi connectivity index (χ0) is 25.0. The highest BCUT2D eigenvalue weighted by atomic mass is 35.5. The van der Waals surface area contributed by atoms with E-state index < -0.39 is 21.0 Å². The fourth-order valence-electron chi connectivity index (χ4n) is 4.34. The zero-order valence-electron chi connectivity index (χ0n) is 19.3. The molecule has 10 heteroatoms. The lowest BCUT2D eigenvalue weighted by Gasteiger charge is -2.37. The Bertz CT molecular complexity index is 1110. The summed E-state index contributed by atoms with van der Waals surface area (Å²) in [5, 5.41) is 1.04. The van der Waals surface area contributed by atoms with Gasteiger partial charge >= 0.3 is 0 Å². The summed E-state index contributed by atoms with van der Waals surface area (Å²) in [6.07, 6.45) is 2.33. The van der Waals surface area contributed by atoms with Crippen LogP contribution in [-0.2, 0) is 21.2 Å². The highest BCUT2D eigenvalue weighted by molar-refractivity contribution is 7.91. The smallest absolute Gasteiger partial charge is 0.230 e. The van der Waals surface area contributed by atoms with Gasteiger partial charge < -0.3 is 10.6 Å². The Morgan fingerprint density at radius 3 is 2.41 bits per heavy atom. The molecule has 0 radical (unpaired) electrons. The van der Waals surface area contributed by atoms with Crippen LogP contribution in [0.2, 0.25) is 15.1 Å². The van der Waals surface area contributed by atoms with Crippen molar-refractivity contribution in [1.29, 1.82) is 0 Å². The number of hydrogen-bond acceptors (Lipinski definition) is 5. The molecule has 1 saturated heterocycles. The van der Waals surface area contributed by atoms with E-state index in [2.05, 4.69) is 4.90 Å². The zero-order valence-corrected chi connectivity index (χ0v) is 22.3. The van der Waals surface area contributed by atoms with Crippen LogP contribution in [0.3, 0.4) is 0 Å². The van der Waals surface area contributed by atoms with Crippen molar-refractivity contribution in [3.8, 4) is 0 Å². The van der Waals surface area contributed by atoms with E-state index in [4.69, 9.17) is 40.5 Å². The minimum atomic E-state index is -3.13. The van der Waals surface area contributed by atoms with Crippen molar-refractivity contribution in [2.24, 2.45) is 5.73 Å². The molecule has 0 bridgehead atoms. The van der Waals surface area contributed by atoms with E-state index in [9.17, 15) is 13.2 Å². The van der Waals surface area contributed by atoms with Crippen molar-refractivity contribution >= 4 is 50.5 Å². The van der Waals surface area contributed by atoms with Gasteiger partial charge in [-0.05, 0) is 54.7 Å². The molecule has 3 rings (SSSR count). The number of benzene rings is 2. The Morgan fingerprint density at radius 1 is 1.15 bits per heavy atom. The Morgan fingerprint density at radius 2 is 1.82 bits per heavy atom. The van der Waals surface area contributed by atoms with Gasteiger partial charge in [-0.25, -0.2) is 8.42 Å². The van der Waals surface area contributed by atoms with Crippen LogP contribution in [0.5, 0.6) is 0 Å². The molecule has 3 atom stereocenters. The van der Waals surface area contributed by atoms with Gasteiger partial charge in [-0.3, -0.25) is 9.69 Å². The molecule has 0 aliphatic carbocycles. The van der Waals surface area contributed by atoms with Crippen molar-refractivity contribution in [2.45, 2.75) is 43.1 Å². The van der Waals surface area contributed by atoms with E-state index >= 15 is 0 Å². The van der Waals surface area contributed by atoms with Crippen LogP contribution >= 0.6 is 34.8 Å². The molecule has 1 fully saturated rings. The Hall–Kier alpha value is -1.35. The molecule has 2 N–H and O–H groups in total. The first-order chi connectivity index (χ1) is 16.0. The number of carbonyl (C=O) groups is 1. The van der Waals surface area contributed by atoms with E-state index in [1.807, 2.05) is 18.2 Å². The number of halogens is 3. The van der Waals surface area contributed by atoms with E-state index in [0.29, 0.717) is 54.0 Å². The molecule has 1 amide bonds. The number of hydrogen-bond donors (Lipinski definition) is 1. The predicted molar refractivity (Wildman–Crippen MR) is 139 cm³/mol. The fourth-order valence-corrected chi connectivity index (χ4v) is 5.86.